The Labute approximate surface area is 104 Å². The molecule has 0 bridgehead atoms. The SMILES string of the molecule is CC(C)(CN)c1cccnc1N1CCCCC1. The maximum absolute atomic E-state index is 5.89. The smallest absolute Gasteiger partial charge is 0.132 e. The van der Waals surface area contributed by atoms with Gasteiger partial charge in [-0.1, -0.05) is 19.9 Å². The van der Waals surface area contributed by atoms with Crippen LogP contribution in [0.1, 0.15) is 38.7 Å². The zero-order valence-corrected chi connectivity index (χ0v) is 10.9. The molecule has 0 spiro atoms. The molecule has 1 saturated heterocycles. The monoisotopic (exact) mass is 233 g/mol. The third-order valence-corrected chi connectivity index (χ3v) is 3.68. The number of nitrogens with two attached hydrogens (primary N) is 1. The number of hydrogen-bond acceptors (Lipinski definition) is 3. The van der Waals surface area contributed by atoms with Crippen LogP contribution in [0.25, 0.3) is 0 Å². The molecule has 3 heteroatoms. The molecule has 1 fully saturated rings. The lowest BCUT2D eigenvalue weighted by Crippen LogP contribution is -2.35. The lowest BCUT2D eigenvalue weighted by atomic mass is 9.84. The van der Waals surface area contributed by atoms with Crippen LogP contribution in [0.4, 0.5) is 5.82 Å². The van der Waals surface area contributed by atoms with E-state index in [4.69, 9.17) is 5.73 Å². The second kappa shape index (κ2) is 5.05. The minimum atomic E-state index is 0.00103. The standard InChI is InChI=1S/C14H23N3/c1-14(2,11-15)12-7-6-8-16-13(12)17-9-4-3-5-10-17/h6-8H,3-5,9-11,15H2,1-2H3. The fourth-order valence-electron chi connectivity index (χ4n) is 2.39. The van der Waals surface area contributed by atoms with E-state index in [0.29, 0.717) is 6.54 Å². The van der Waals surface area contributed by atoms with Gasteiger partial charge in [-0.05, 0) is 25.3 Å². The van der Waals surface area contributed by atoms with Crippen LogP contribution in [0, 0.1) is 0 Å². The third kappa shape index (κ3) is 2.60. The summed E-state index contributed by atoms with van der Waals surface area (Å²) in [5.41, 5.74) is 7.17. The van der Waals surface area contributed by atoms with Crippen molar-refractivity contribution in [1.82, 2.24) is 4.98 Å². The van der Waals surface area contributed by atoms with Crippen molar-refractivity contribution in [1.29, 1.82) is 0 Å². The molecule has 0 amide bonds. The van der Waals surface area contributed by atoms with E-state index in [0.717, 1.165) is 18.9 Å². The molecule has 1 aliphatic rings. The summed E-state index contributed by atoms with van der Waals surface area (Å²) in [6.07, 6.45) is 5.79. The van der Waals surface area contributed by atoms with E-state index in [1.807, 2.05) is 12.3 Å². The second-order valence-electron chi connectivity index (χ2n) is 5.51. The minimum absolute atomic E-state index is 0.00103. The fraction of sp³-hybridized carbons (Fsp3) is 0.643. The van der Waals surface area contributed by atoms with Crippen LogP contribution in [0.5, 0.6) is 0 Å². The highest BCUT2D eigenvalue weighted by Crippen LogP contribution is 2.31. The molecule has 2 rings (SSSR count). The normalized spacial score (nSPS) is 17.2. The van der Waals surface area contributed by atoms with Gasteiger partial charge in [0.25, 0.3) is 0 Å². The van der Waals surface area contributed by atoms with Gasteiger partial charge in [0.1, 0.15) is 5.82 Å². The Balaban J connectivity index is 2.33. The minimum Gasteiger partial charge on any atom is -0.356 e. The van der Waals surface area contributed by atoms with Crippen LogP contribution in [-0.4, -0.2) is 24.6 Å². The molecule has 0 radical (unpaired) electrons. The van der Waals surface area contributed by atoms with E-state index in [9.17, 15) is 0 Å². The first-order valence-electron chi connectivity index (χ1n) is 6.56. The molecule has 0 unspecified atom stereocenters. The van der Waals surface area contributed by atoms with Crippen molar-refractivity contribution < 1.29 is 0 Å². The molecule has 0 aliphatic carbocycles. The van der Waals surface area contributed by atoms with Gasteiger partial charge in [-0.15, -0.1) is 0 Å². The maximum atomic E-state index is 5.89. The van der Waals surface area contributed by atoms with Crippen LogP contribution in [-0.2, 0) is 5.41 Å². The third-order valence-electron chi connectivity index (χ3n) is 3.68. The van der Waals surface area contributed by atoms with E-state index in [1.54, 1.807) is 0 Å². The van der Waals surface area contributed by atoms with Gasteiger partial charge < -0.3 is 10.6 Å². The van der Waals surface area contributed by atoms with Crippen LogP contribution in [0.15, 0.2) is 18.3 Å². The molecule has 3 nitrogen and oxygen atoms in total. The van der Waals surface area contributed by atoms with Gasteiger partial charge in [0.2, 0.25) is 0 Å². The molecular weight excluding hydrogens is 210 g/mol. The number of piperidine rings is 1. The first-order chi connectivity index (χ1) is 8.15. The molecule has 0 atom stereocenters. The predicted octanol–water partition coefficient (Wildman–Crippen LogP) is 2.31. The van der Waals surface area contributed by atoms with E-state index in [-0.39, 0.29) is 5.41 Å². The molecule has 2 heterocycles. The zero-order valence-electron chi connectivity index (χ0n) is 10.9. The zero-order chi connectivity index (χ0) is 12.3. The van der Waals surface area contributed by atoms with Crippen molar-refractivity contribution >= 4 is 5.82 Å². The van der Waals surface area contributed by atoms with Crippen molar-refractivity contribution in [2.75, 3.05) is 24.5 Å². The van der Waals surface area contributed by atoms with Crippen LogP contribution in [0.3, 0.4) is 0 Å². The van der Waals surface area contributed by atoms with Gasteiger partial charge >= 0.3 is 0 Å². The Morgan fingerprint density at radius 3 is 2.65 bits per heavy atom. The highest BCUT2D eigenvalue weighted by Gasteiger charge is 2.25. The van der Waals surface area contributed by atoms with E-state index < -0.39 is 0 Å². The number of aromatic nitrogens is 1. The lowest BCUT2D eigenvalue weighted by molar-refractivity contribution is 0.523. The van der Waals surface area contributed by atoms with Crippen molar-refractivity contribution in [3.8, 4) is 0 Å². The van der Waals surface area contributed by atoms with Crippen molar-refractivity contribution in [3.63, 3.8) is 0 Å². The molecule has 1 aromatic heterocycles. The lowest BCUT2D eigenvalue weighted by Gasteiger charge is -2.33. The van der Waals surface area contributed by atoms with Crippen molar-refractivity contribution in [2.24, 2.45) is 5.73 Å². The molecule has 94 valence electrons. The van der Waals surface area contributed by atoms with Crippen LogP contribution < -0.4 is 10.6 Å². The predicted molar refractivity (Wildman–Crippen MR) is 72.4 cm³/mol. The van der Waals surface area contributed by atoms with Gasteiger partial charge in [-0.2, -0.15) is 0 Å². The Hall–Kier alpha value is -1.09. The molecule has 0 aromatic carbocycles. The number of anilines is 1. The first kappa shape index (κ1) is 12.4. The molecule has 1 aromatic rings. The Morgan fingerprint density at radius 2 is 2.00 bits per heavy atom. The molecule has 1 aliphatic heterocycles. The maximum Gasteiger partial charge on any atom is 0.132 e. The average molecular weight is 233 g/mol. The highest BCUT2D eigenvalue weighted by atomic mass is 15.2. The van der Waals surface area contributed by atoms with Crippen LogP contribution >= 0.6 is 0 Å². The topological polar surface area (TPSA) is 42.1 Å². The van der Waals surface area contributed by atoms with E-state index >= 15 is 0 Å². The summed E-state index contributed by atoms with van der Waals surface area (Å²) >= 11 is 0. The van der Waals surface area contributed by atoms with Gasteiger partial charge in [0.05, 0.1) is 0 Å². The highest BCUT2D eigenvalue weighted by molar-refractivity contribution is 5.50. The summed E-state index contributed by atoms with van der Waals surface area (Å²) in [5, 5.41) is 0. The Morgan fingerprint density at radius 1 is 1.29 bits per heavy atom. The largest absolute Gasteiger partial charge is 0.356 e. The fourth-order valence-corrected chi connectivity index (χ4v) is 2.39. The summed E-state index contributed by atoms with van der Waals surface area (Å²) in [4.78, 5) is 7.00. The molecule has 0 saturated carbocycles. The first-order valence-corrected chi connectivity index (χ1v) is 6.56. The molecule has 2 N–H and O–H groups in total. The van der Waals surface area contributed by atoms with Crippen molar-refractivity contribution in [2.45, 2.75) is 38.5 Å². The van der Waals surface area contributed by atoms with Gasteiger partial charge in [0.15, 0.2) is 0 Å². The van der Waals surface area contributed by atoms with Crippen LogP contribution in [0.2, 0.25) is 0 Å². The quantitative estimate of drug-likeness (QED) is 0.871. The Bertz CT molecular complexity index is 367. The van der Waals surface area contributed by atoms with Crippen molar-refractivity contribution in [3.05, 3.63) is 23.9 Å². The van der Waals surface area contributed by atoms with E-state index in [1.165, 1.54) is 24.8 Å². The Kier molecular flexibility index (Phi) is 3.67. The summed E-state index contributed by atoms with van der Waals surface area (Å²) in [6, 6.07) is 4.18. The number of hydrogen-bond donors (Lipinski definition) is 1. The molecule has 17 heavy (non-hydrogen) atoms. The van der Waals surface area contributed by atoms with Gasteiger partial charge in [0, 0.05) is 36.8 Å². The van der Waals surface area contributed by atoms with Gasteiger partial charge in [-0.3, -0.25) is 0 Å². The summed E-state index contributed by atoms with van der Waals surface area (Å²) < 4.78 is 0. The number of nitrogens with zero attached hydrogens (tertiary/aromatic N) is 2. The van der Waals surface area contributed by atoms with E-state index in [2.05, 4.69) is 29.8 Å². The summed E-state index contributed by atoms with van der Waals surface area (Å²) in [5.74, 6) is 1.14. The number of pyridine rings is 1. The number of rotatable bonds is 3. The summed E-state index contributed by atoms with van der Waals surface area (Å²) in [7, 11) is 0. The second-order valence-corrected chi connectivity index (χ2v) is 5.51. The van der Waals surface area contributed by atoms with Gasteiger partial charge in [-0.25, -0.2) is 4.98 Å². The summed E-state index contributed by atoms with van der Waals surface area (Å²) in [6.45, 7) is 7.30. The molecular formula is C14H23N3. The average Bonchev–Trinajstić information content (AvgIpc) is 2.40.